The molecule has 0 saturated carbocycles. The van der Waals surface area contributed by atoms with Gasteiger partial charge in [0.25, 0.3) is 0 Å². The molecule has 2 heterocycles. The molecule has 2 rings (SSSR count). The Balaban J connectivity index is 1.89. The maximum Gasteiger partial charge on any atom is 0.223 e. The van der Waals surface area contributed by atoms with E-state index in [-0.39, 0.29) is 5.91 Å². The van der Waals surface area contributed by atoms with E-state index in [0.717, 1.165) is 25.2 Å². The lowest BCUT2D eigenvalue weighted by Crippen LogP contribution is -2.56. The van der Waals surface area contributed by atoms with Gasteiger partial charge in [-0.1, -0.05) is 0 Å². The number of nitrogens with one attached hydrogen (secondary N) is 1. The fourth-order valence-electron chi connectivity index (χ4n) is 2.39. The Kier molecular flexibility index (Phi) is 4.01. The fraction of sp³-hybridized carbons (Fsp3) is 0.692. The number of nitrogens with zero attached hydrogens (tertiary/aromatic N) is 3. The first kappa shape index (κ1) is 13.1. The molecule has 100 valence electrons. The molecule has 1 saturated heterocycles. The summed E-state index contributed by atoms with van der Waals surface area (Å²) in [5, 5.41) is 7.50. The third kappa shape index (κ3) is 2.90. The molecule has 1 fully saturated rings. The average molecular weight is 250 g/mol. The van der Waals surface area contributed by atoms with E-state index in [9.17, 15) is 4.79 Å². The number of aryl methyl sites for hydroxylation is 2. The summed E-state index contributed by atoms with van der Waals surface area (Å²) in [7, 11) is 1.91. The van der Waals surface area contributed by atoms with Crippen molar-refractivity contribution >= 4 is 5.91 Å². The van der Waals surface area contributed by atoms with E-state index in [4.69, 9.17) is 0 Å². The van der Waals surface area contributed by atoms with E-state index in [1.54, 1.807) is 6.20 Å². The molecule has 18 heavy (non-hydrogen) atoms. The van der Waals surface area contributed by atoms with Crippen molar-refractivity contribution in [3.63, 3.8) is 0 Å². The number of aromatic nitrogens is 2. The smallest absolute Gasteiger partial charge is 0.223 e. The summed E-state index contributed by atoms with van der Waals surface area (Å²) in [6.07, 6.45) is 3.10. The molecule has 0 radical (unpaired) electrons. The Morgan fingerprint density at radius 2 is 2.33 bits per heavy atom. The monoisotopic (exact) mass is 250 g/mol. The van der Waals surface area contributed by atoms with Crippen molar-refractivity contribution in [2.24, 2.45) is 7.05 Å². The number of piperazine rings is 1. The first-order valence-electron chi connectivity index (χ1n) is 6.57. The number of carbonyl (C=O) groups is 1. The van der Waals surface area contributed by atoms with Gasteiger partial charge in [0.1, 0.15) is 0 Å². The second-order valence-corrected chi connectivity index (χ2v) is 5.15. The second kappa shape index (κ2) is 5.52. The molecule has 0 spiro atoms. The molecule has 1 aromatic rings. The predicted octanol–water partition coefficient (Wildman–Crippen LogP) is 0.561. The Labute approximate surface area is 108 Å². The summed E-state index contributed by atoms with van der Waals surface area (Å²) < 4.78 is 1.83. The van der Waals surface area contributed by atoms with Crippen LogP contribution in [0.4, 0.5) is 0 Å². The molecule has 5 heteroatoms. The van der Waals surface area contributed by atoms with Crippen LogP contribution in [0, 0.1) is 0 Å². The summed E-state index contributed by atoms with van der Waals surface area (Å²) in [6.45, 7) is 5.91. The zero-order chi connectivity index (χ0) is 13.1. The number of hydrogen-bond donors (Lipinski definition) is 1. The summed E-state index contributed by atoms with van der Waals surface area (Å²) in [6, 6.07) is 2.65. The minimum atomic E-state index is 0.247. The fourth-order valence-corrected chi connectivity index (χ4v) is 2.39. The Morgan fingerprint density at radius 3 is 3.00 bits per heavy atom. The topological polar surface area (TPSA) is 50.2 Å². The minimum Gasteiger partial charge on any atom is -0.337 e. The van der Waals surface area contributed by atoms with Crippen LogP contribution in [-0.2, 0) is 18.3 Å². The standard InChI is InChI=1S/C13H22N4O/c1-10-9-17(11(2)8-14-10)13(18)5-4-12-6-7-15-16(12)3/h6-7,10-11,14H,4-5,8-9H2,1-3H3/t10-,11+/m1/s1. The van der Waals surface area contributed by atoms with E-state index < -0.39 is 0 Å². The van der Waals surface area contributed by atoms with Gasteiger partial charge in [0, 0.05) is 50.5 Å². The van der Waals surface area contributed by atoms with Crippen LogP contribution in [0.2, 0.25) is 0 Å². The lowest BCUT2D eigenvalue weighted by Gasteiger charge is -2.37. The first-order chi connectivity index (χ1) is 8.58. The van der Waals surface area contributed by atoms with E-state index in [2.05, 4.69) is 24.3 Å². The first-order valence-corrected chi connectivity index (χ1v) is 6.57. The van der Waals surface area contributed by atoms with Gasteiger partial charge in [-0.3, -0.25) is 9.48 Å². The molecule has 0 unspecified atom stereocenters. The van der Waals surface area contributed by atoms with Crippen LogP contribution in [0.1, 0.15) is 26.0 Å². The molecule has 0 bridgehead atoms. The molecule has 1 aliphatic rings. The van der Waals surface area contributed by atoms with Gasteiger partial charge in [-0.05, 0) is 26.3 Å². The maximum absolute atomic E-state index is 12.2. The molecule has 5 nitrogen and oxygen atoms in total. The largest absolute Gasteiger partial charge is 0.337 e. The third-order valence-electron chi connectivity index (χ3n) is 3.60. The minimum absolute atomic E-state index is 0.247. The van der Waals surface area contributed by atoms with Crippen molar-refractivity contribution in [1.29, 1.82) is 0 Å². The van der Waals surface area contributed by atoms with Crippen LogP contribution >= 0.6 is 0 Å². The molecule has 0 aromatic carbocycles. The normalized spacial score (nSPS) is 24.3. The van der Waals surface area contributed by atoms with E-state index in [1.165, 1.54) is 0 Å². The van der Waals surface area contributed by atoms with Gasteiger partial charge in [0.2, 0.25) is 5.91 Å². The maximum atomic E-state index is 12.2. The van der Waals surface area contributed by atoms with Crippen molar-refractivity contribution in [2.75, 3.05) is 13.1 Å². The van der Waals surface area contributed by atoms with Crippen molar-refractivity contribution < 1.29 is 4.79 Å². The van der Waals surface area contributed by atoms with Crippen LogP contribution in [0.5, 0.6) is 0 Å². The van der Waals surface area contributed by atoms with Crippen LogP contribution < -0.4 is 5.32 Å². The number of amides is 1. The molecule has 1 aliphatic heterocycles. The number of carbonyl (C=O) groups excluding carboxylic acids is 1. The van der Waals surface area contributed by atoms with E-state index in [0.29, 0.717) is 18.5 Å². The Morgan fingerprint density at radius 1 is 1.56 bits per heavy atom. The average Bonchev–Trinajstić information content (AvgIpc) is 2.75. The second-order valence-electron chi connectivity index (χ2n) is 5.15. The quantitative estimate of drug-likeness (QED) is 0.853. The summed E-state index contributed by atoms with van der Waals surface area (Å²) >= 11 is 0. The highest BCUT2D eigenvalue weighted by Gasteiger charge is 2.26. The molecule has 1 amide bonds. The van der Waals surface area contributed by atoms with Gasteiger partial charge in [-0.15, -0.1) is 0 Å². The molecule has 1 N–H and O–H groups in total. The lowest BCUT2D eigenvalue weighted by atomic mass is 10.1. The molecule has 1 aromatic heterocycles. The highest BCUT2D eigenvalue weighted by Crippen LogP contribution is 2.10. The van der Waals surface area contributed by atoms with Crippen LogP contribution in [-0.4, -0.2) is 45.8 Å². The van der Waals surface area contributed by atoms with Gasteiger partial charge in [-0.2, -0.15) is 5.10 Å². The summed E-state index contributed by atoms with van der Waals surface area (Å²) in [5.41, 5.74) is 1.11. The van der Waals surface area contributed by atoms with Gasteiger partial charge in [0.15, 0.2) is 0 Å². The zero-order valence-electron chi connectivity index (χ0n) is 11.4. The SMILES string of the molecule is C[C@@H]1CN(C(=O)CCc2ccnn2C)[C@@H](C)CN1. The molecule has 2 atom stereocenters. The van der Waals surface area contributed by atoms with Gasteiger partial charge in [-0.25, -0.2) is 0 Å². The van der Waals surface area contributed by atoms with E-state index >= 15 is 0 Å². The molecular weight excluding hydrogens is 228 g/mol. The summed E-state index contributed by atoms with van der Waals surface area (Å²) in [4.78, 5) is 14.2. The van der Waals surface area contributed by atoms with Crippen LogP contribution in [0.25, 0.3) is 0 Å². The summed E-state index contributed by atoms with van der Waals surface area (Å²) in [5.74, 6) is 0.247. The molecule has 0 aliphatic carbocycles. The third-order valence-corrected chi connectivity index (χ3v) is 3.60. The van der Waals surface area contributed by atoms with Crippen molar-refractivity contribution in [3.05, 3.63) is 18.0 Å². The van der Waals surface area contributed by atoms with E-state index in [1.807, 2.05) is 22.7 Å². The van der Waals surface area contributed by atoms with Crippen LogP contribution in [0.3, 0.4) is 0 Å². The van der Waals surface area contributed by atoms with Crippen molar-refractivity contribution in [3.8, 4) is 0 Å². The highest BCUT2D eigenvalue weighted by atomic mass is 16.2. The molecular formula is C13H22N4O. The number of hydrogen-bond acceptors (Lipinski definition) is 3. The Hall–Kier alpha value is -1.36. The van der Waals surface area contributed by atoms with Crippen LogP contribution in [0.15, 0.2) is 12.3 Å². The van der Waals surface area contributed by atoms with Gasteiger partial charge < -0.3 is 10.2 Å². The predicted molar refractivity (Wildman–Crippen MR) is 70.2 cm³/mol. The van der Waals surface area contributed by atoms with Crippen molar-refractivity contribution in [2.45, 2.75) is 38.8 Å². The van der Waals surface area contributed by atoms with Gasteiger partial charge >= 0.3 is 0 Å². The van der Waals surface area contributed by atoms with Gasteiger partial charge in [0.05, 0.1) is 0 Å². The Bertz CT molecular complexity index is 415. The number of rotatable bonds is 3. The lowest BCUT2D eigenvalue weighted by molar-refractivity contribution is -0.134. The highest BCUT2D eigenvalue weighted by molar-refractivity contribution is 5.77. The zero-order valence-corrected chi connectivity index (χ0v) is 11.4. The van der Waals surface area contributed by atoms with Crippen molar-refractivity contribution in [1.82, 2.24) is 20.0 Å².